The monoisotopic (exact) mass is 426 g/mol. The number of nitrogens with one attached hydrogen (secondary N) is 3. The first-order chi connectivity index (χ1) is 15.0. The number of hydrogen-bond donors (Lipinski definition) is 3. The molecule has 2 amide bonds. The molecule has 9 nitrogen and oxygen atoms in total. The van der Waals surface area contributed by atoms with Crippen LogP contribution in [0.4, 0.5) is 15.1 Å². The van der Waals surface area contributed by atoms with Crippen LogP contribution in [-0.4, -0.2) is 55.1 Å². The Kier molecular flexibility index (Phi) is 6.26. The number of H-pyrrole nitrogens is 1. The fourth-order valence-corrected chi connectivity index (χ4v) is 3.93. The molecular formula is C21H27FN8O. The number of amides is 2. The van der Waals surface area contributed by atoms with E-state index in [9.17, 15) is 9.18 Å². The van der Waals surface area contributed by atoms with Crippen molar-refractivity contribution in [2.75, 3.05) is 25.0 Å². The Labute approximate surface area is 180 Å². The number of likely N-dealkylation sites (tertiary alicyclic amines) is 1. The SMILES string of the molecule is CCNC(=O)Nc1ncc(CN2CCC(c3ccc(-c4ncc[nH]4)nc3F)CC2)n1C. The lowest BCUT2D eigenvalue weighted by atomic mass is 9.90. The zero-order chi connectivity index (χ0) is 21.8. The lowest BCUT2D eigenvalue weighted by Gasteiger charge is -2.32. The van der Waals surface area contributed by atoms with Crippen LogP contribution in [-0.2, 0) is 13.6 Å². The molecular weight excluding hydrogens is 399 g/mol. The van der Waals surface area contributed by atoms with Crippen molar-refractivity contribution in [1.29, 1.82) is 0 Å². The van der Waals surface area contributed by atoms with Gasteiger partial charge >= 0.3 is 6.03 Å². The summed E-state index contributed by atoms with van der Waals surface area (Å²) in [6, 6.07) is 3.39. The molecule has 0 aromatic carbocycles. The Morgan fingerprint density at radius 2 is 2.10 bits per heavy atom. The molecule has 31 heavy (non-hydrogen) atoms. The maximum Gasteiger partial charge on any atom is 0.321 e. The molecule has 1 aliphatic heterocycles. The van der Waals surface area contributed by atoms with E-state index in [1.165, 1.54) is 0 Å². The number of pyridine rings is 1. The molecule has 0 bridgehead atoms. The van der Waals surface area contributed by atoms with Gasteiger partial charge in [0.2, 0.25) is 11.9 Å². The van der Waals surface area contributed by atoms with Crippen molar-refractivity contribution in [1.82, 2.24) is 34.7 Å². The van der Waals surface area contributed by atoms with Crippen molar-refractivity contribution in [3.8, 4) is 11.5 Å². The quantitative estimate of drug-likeness (QED) is 0.526. The molecule has 10 heteroatoms. The Morgan fingerprint density at radius 1 is 1.29 bits per heavy atom. The first kappa shape index (κ1) is 21.0. The summed E-state index contributed by atoms with van der Waals surface area (Å²) in [5, 5.41) is 5.44. The lowest BCUT2D eigenvalue weighted by molar-refractivity contribution is 0.199. The molecule has 4 rings (SSSR count). The van der Waals surface area contributed by atoms with E-state index in [0.29, 0.717) is 29.6 Å². The average molecular weight is 427 g/mol. The molecule has 164 valence electrons. The summed E-state index contributed by atoms with van der Waals surface area (Å²) < 4.78 is 16.6. The van der Waals surface area contributed by atoms with E-state index in [1.807, 2.05) is 30.7 Å². The van der Waals surface area contributed by atoms with Crippen LogP contribution in [0.1, 0.15) is 36.9 Å². The predicted octanol–water partition coefficient (Wildman–Crippen LogP) is 2.87. The molecule has 3 aromatic heterocycles. The Bertz CT molecular complexity index is 1020. The van der Waals surface area contributed by atoms with Crippen molar-refractivity contribution in [3.63, 3.8) is 0 Å². The standard InChI is InChI=1S/C21H27FN8O/c1-3-23-21(31)28-20-26-12-15(29(20)2)13-30-10-6-14(7-11-30)16-4-5-17(27-18(16)22)19-24-8-9-25-19/h4-5,8-9,12,14H,3,6-7,10-11,13H2,1-2H3,(H,24,25)(H2,23,26,28,31). The lowest BCUT2D eigenvalue weighted by Crippen LogP contribution is -2.33. The van der Waals surface area contributed by atoms with Crippen molar-refractivity contribution in [2.45, 2.75) is 32.2 Å². The van der Waals surface area contributed by atoms with Crippen molar-refractivity contribution in [3.05, 3.63) is 47.9 Å². The zero-order valence-electron chi connectivity index (χ0n) is 17.7. The molecule has 4 heterocycles. The summed E-state index contributed by atoms with van der Waals surface area (Å²) in [5.74, 6) is 0.814. The van der Waals surface area contributed by atoms with Crippen LogP contribution < -0.4 is 10.6 Å². The number of carbonyl (C=O) groups is 1. The van der Waals surface area contributed by atoms with Crippen molar-refractivity contribution < 1.29 is 9.18 Å². The van der Waals surface area contributed by atoms with Gasteiger partial charge in [0.15, 0.2) is 5.82 Å². The van der Waals surface area contributed by atoms with Gasteiger partial charge in [-0.2, -0.15) is 4.39 Å². The van der Waals surface area contributed by atoms with Crippen LogP contribution >= 0.6 is 0 Å². The number of rotatable bonds is 6. The minimum Gasteiger partial charge on any atom is -0.343 e. The highest BCUT2D eigenvalue weighted by Crippen LogP contribution is 2.31. The molecule has 3 N–H and O–H groups in total. The van der Waals surface area contributed by atoms with E-state index in [1.54, 1.807) is 18.6 Å². The average Bonchev–Trinajstić information content (AvgIpc) is 3.41. The summed E-state index contributed by atoms with van der Waals surface area (Å²) in [6.45, 7) is 4.86. The third-order valence-corrected chi connectivity index (χ3v) is 5.68. The van der Waals surface area contributed by atoms with Crippen molar-refractivity contribution >= 4 is 12.0 Å². The van der Waals surface area contributed by atoms with Crippen LogP contribution in [0.15, 0.2) is 30.7 Å². The second-order valence-electron chi connectivity index (χ2n) is 7.68. The van der Waals surface area contributed by atoms with Crippen molar-refractivity contribution in [2.24, 2.45) is 7.05 Å². The molecule has 0 radical (unpaired) electrons. The van der Waals surface area contributed by atoms with E-state index in [0.717, 1.165) is 38.2 Å². The third-order valence-electron chi connectivity index (χ3n) is 5.68. The van der Waals surface area contributed by atoms with Crippen LogP contribution in [0, 0.1) is 5.95 Å². The van der Waals surface area contributed by atoms with Gasteiger partial charge < -0.3 is 14.9 Å². The molecule has 0 saturated carbocycles. The highest BCUT2D eigenvalue weighted by atomic mass is 19.1. The predicted molar refractivity (Wildman–Crippen MR) is 115 cm³/mol. The number of hydrogen-bond acceptors (Lipinski definition) is 5. The number of piperidine rings is 1. The molecule has 0 aliphatic carbocycles. The van der Waals surface area contributed by atoms with E-state index in [2.05, 4.69) is 35.5 Å². The topological polar surface area (TPSA) is 104 Å². The third kappa shape index (κ3) is 4.74. The maximum atomic E-state index is 14.7. The van der Waals surface area contributed by atoms with E-state index in [4.69, 9.17) is 0 Å². The smallest absolute Gasteiger partial charge is 0.321 e. The Balaban J connectivity index is 1.34. The largest absolute Gasteiger partial charge is 0.343 e. The van der Waals surface area contributed by atoms with Gasteiger partial charge in [-0.3, -0.25) is 10.2 Å². The van der Waals surface area contributed by atoms with E-state index in [-0.39, 0.29) is 11.9 Å². The molecule has 1 saturated heterocycles. The minimum atomic E-state index is -0.417. The maximum absolute atomic E-state index is 14.7. The minimum absolute atomic E-state index is 0.149. The van der Waals surface area contributed by atoms with Crippen LogP contribution in [0.3, 0.4) is 0 Å². The van der Waals surface area contributed by atoms with Gasteiger partial charge in [-0.1, -0.05) is 6.07 Å². The number of imidazole rings is 2. The van der Waals surface area contributed by atoms with Gasteiger partial charge in [0.05, 0.1) is 11.9 Å². The highest BCUT2D eigenvalue weighted by molar-refractivity contribution is 5.87. The molecule has 0 unspecified atom stereocenters. The molecule has 0 atom stereocenters. The normalized spacial score (nSPS) is 15.2. The van der Waals surface area contributed by atoms with E-state index >= 15 is 0 Å². The highest BCUT2D eigenvalue weighted by Gasteiger charge is 2.25. The first-order valence-electron chi connectivity index (χ1n) is 10.5. The second-order valence-corrected chi connectivity index (χ2v) is 7.68. The number of aromatic amines is 1. The number of aromatic nitrogens is 5. The van der Waals surface area contributed by atoms with Crippen LogP contribution in [0.25, 0.3) is 11.5 Å². The number of carbonyl (C=O) groups excluding carboxylic acids is 1. The fraction of sp³-hybridized carbons (Fsp3) is 0.429. The van der Waals surface area contributed by atoms with E-state index < -0.39 is 5.95 Å². The summed E-state index contributed by atoms with van der Waals surface area (Å²) >= 11 is 0. The summed E-state index contributed by atoms with van der Waals surface area (Å²) in [7, 11) is 1.89. The second kappa shape index (κ2) is 9.25. The molecule has 0 spiro atoms. The van der Waals surface area contributed by atoms with Crippen LogP contribution in [0.2, 0.25) is 0 Å². The molecule has 3 aromatic rings. The molecule has 1 aliphatic rings. The van der Waals surface area contributed by atoms with Crippen LogP contribution in [0.5, 0.6) is 0 Å². The first-order valence-corrected chi connectivity index (χ1v) is 10.5. The summed E-state index contributed by atoms with van der Waals surface area (Å²) in [4.78, 5) is 29.5. The van der Waals surface area contributed by atoms with Gasteiger partial charge in [-0.05, 0) is 44.8 Å². The number of halogens is 1. The zero-order valence-corrected chi connectivity index (χ0v) is 17.7. The summed E-state index contributed by atoms with van der Waals surface area (Å²) in [6.07, 6.45) is 6.82. The molecule has 1 fully saturated rings. The van der Waals surface area contributed by atoms with Gasteiger partial charge in [-0.25, -0.2) is 19.7 Å². The Morgan fingerprint density at radius 3 is 2.77 bits per heavy atom. The van der Waals surface area contributed by atoms with Gasteiger partial charge in [-0.15, -0.1) is 0 Å². The number of anilines is 1. The van der Waals surface area contributed by atoms with Gasteiger partial charge in [0, 0.05) is 38.1 Å². The van der Waals surface area contributed by atoms with Gasteiger partial charge in [0.1, 0.15) is 5.69 Å². The Hall–Kier alpha value is -3.27. The summed E-state index contributed by atoms with van der Waals surface area (Å²) in [5.41, 5.74) is 2.20. The van der Waals surface area contributed by atoms with Gasteiger partial charge in [0.25, 0.3) is 0 Å². The number of urea groups is 1. The number of nitrogens with zero attached hydrogens (tertiary/aromatic N) is 5. The fourth-order valence-electron chi connectivity index (χ4n) is 3.93.